The average molecular weight is 332 g/mol. The Morgan fingerprint density at radius 2 is 2.08 bits per heavy atom. The van der Waals surface area contributed by atoms with Gasteiger partial charge in [0.05, 0.1) is 12.2 Å². The molecule has 1 aliphatic heterocycles. The third-order valence-electron chi connectivity index (χ3n) is 4.13. The van der Waals surface area contributed by atoms with Crippen molar-refractivity contribution in [2.75, 3.05) is 20.5 Å². The summed E-state index contributed by atoms with van der Waals surface area (Å²) in [4.78, 5) is 0. The number of benzene rings is 2. The lowest BCUT2D eigenvalue weighted by atomic mass is 9.74. The van der Waals surface area contributed by atoms with Gasteiger partial charge in [-0.05, 0) is 60.3 Å². The van der Waals surface area contributed by atoms with Gasteiger partial charge in [-0.3, -0.25) is 0 Å². The predicted octanol–water partition coefficient (Wildman–Crippen LogP) is 3.04. The van der Waals surface area contributed by atoms with Crippen LogP contribution in [0.2, 0.25) is 0 Å². The molecule has 0 amide bonds. The minimum absolute atomic E-state index is 0.144. The van der Waals surface area contributed by atoms with Gasteiger partial charge in [0, 0.05) is 7.11 Å². The molecule has 0 atom stereocenters. The molecule has 3 rings (SSSR count). The number of methoxy groups -OCH3 is 1. The number of hydrogen-bond acceptors (Lipinski definition) is 4. The lowest BCUT2D eigenvalue weighted by Crippen LogP contribution is -2.35. The Morgan fingerprint density at radius 1 is 1.29 bits per heavy atom. The van der Waals surface area contributed by atoms with Crippen LogP contribution < -0.4 is 10.2 Å². The molecule has 0 bridgehead atoms. The highest BCUT2D eigenvalue weighted by Gasteiger charge is 2.39. The van der Waals surface area contributed by atoms with E-state index in [4.69, 9.17) is 18.8 Å². The Balaban J connectivity index is 2.16. The molecule has 0 N–H and O–H groups in total. The molecule has 24 heavy (non-hydrogen) atoms. The maximum absolute atomic E-state index is 14.3. The van der Waals surface area contributed by atoms with Gasteiger partial charge in [-0.2, -0.15) is 0 Å². The van der Waals surface area contributed by atoms with Gasteiger partial charge >= 0.3 is 7.12 Å². The van der Waals surface area contributed by atoms with Crippen molar-refractivity contribution in [2.24, 2.45) is 0 Å². The molecule has 6 heteroatoms. The molecule has 0 radical (unpaired) electrons. The fraction of sp³-hybridized carbons (Fsp3) is 0.444. The Bertz CT molecular complexity index is 747. The zero-order valence-electron chi connectivity index (χ0n) is 14.5. The summed E-state index contributed by atoms with van der Waals surface area (Å²) in [6.45, 7) is 6.52. The molecule has 2 aromatic carbocycles. The van der Waals surface area contributed by atoms with Crippen molar-refractivity contribution in [2.45, 2.75) is 32.8 Å². The maximum Gasteiger partial charge on any atom is 0.495 e. The van der Waals surface area contributed by atoms with Crippen LogP contribution in [0.1, 0.15) is 26.3 Å². The molecule has 128 valence electrons. The summed E-state index contributed by atoms with van der Waals surface area (Å²) in [5, 5.41) is 1.73. The number of ether oxygens (including phenoxy) is 2. The van der Waals surface area contributed by atoms with E-state index in [1.807, 2.05) is 32.9 Å². The molecule has 1 heterocycles. The predicted molar refractivity (Wildman–Crippen MR) is 92.3 cm³/mol. The van der Waals surface area contributed by atoms with Crippen molar-refractivity contribution < 1.29 is 23.2 Å². The van der Waals surface area contributed by atoms with E-state index in [1.165, 1.54) is 6.07 Å². The first-order valence-corrected chi connectivity index (χ1v) is 8.11. The van der Waals surface area contributed by atoms with Crippen LogP contribution in [0, 0.1) is 5.82 Å². The van der Waals surface area contributed by atoms with Crippen LogP contribution in [-0.4, -0.2) is 33.2 Å². The van der Waals surface area contributed by atoms with Gasteiger partial charge < -0.3 is 18.8 Å². The molecule has 2 aromatic rings. The van der Waals surface area contributed by atoms with Crippen LogP contribution in [0.4, 0.5) is 4.39 Å². The van der Waals surface area contributed by atoms with E-state index in [9.17, 15) is 4.39 Å². The van der Waals surface area contributed by atoms with Crippen molar-refractivity contribution in [3.8, 4) is 5.75 Å². The number of halogens is 1. The van der Waals surface area contributed by atoms with Crippen molar-refractivity contribution in [1.82, 2.24) is 0 Å². The molecule has 0 spiro atoms. The lowest BCUT2D eigenvalue weighted by molar-refractivity contribution is 0.0512. The van der Waals surface area contributed by atoms with Crippen molar-refractivity contribution >= 4 is 23.4 Å². The highest BCUT2D eigenvalue weighted by atomic mass is 19.1. The highest BCUT2D eigenvalue weighted by Crippen LogP contribution is 2.28. The monoisotopic (exact) mass is 332 g/mol. The Labute approximate surface area is 142 Å². The van der Waals surface area contributed by atoms with Crippen LogP contribution in [-0.2, 0) is 20.5 Å². The Hall–Kier alpha value is -1.63. The molecular formula is C18H22BFO4. The minimum atomic E-state index is -0.541. The second kappa shape index (κ2) is 6.71. The molecule has 4 nitrogen and oxygen atoms in total. The first-order chi connectivity index (χ1) is 11.4. The second-order valence-electron chi connectivity index (χ2n) is 6.56. The van der Waals surface area contributed by atoms with Crippen LogP contribution >= 0.6 is 0 Å². The highest BCUT2D eigenvalue weighted by molar-refractivity contribution is 6.65. The SMILES string of the molecule is CCc1c(F)ccc2cc(OCOC)cc(B3OCC(C)(C)O3)c12. The van der Waals surface area contributed by atoms with Crippen LogP contribution in [0.3, 0.4) is 0 Å². The van der Waals surface area contributed by atoms with Crippen molar-refractivity contribution in [3.05, 3.63) is 35.6 Å². The fourth-order valence-corrected chi connectivity index (χ4v) is 3.05. The number of rotatable bonds is 5. The number of aryl methyl sites for hydroxylation is 1. The van der Waals surface area contributed by atoms with E-state index < -0.39 is 7.12 Å². The molecule has 1 fully saturated rings. The third-order valence-corrected chi connectivity index (χ3v) is 4.13. The standard InChI is InChI=1S/C18H22BFO4/c1-5-14-16(20)7-6-12-8-13(22-11-21-4)9-15(17(12)14)19-23-10-18(2,3)24-19/h6-9H,5,10-11H2,1-4H3. The third kappa shape index (κ3) is 3.27. The second-order valence-corrected chi connectivity index (χ2v) is 6.56. The molecule has 0 unspecified atom stereocenters. The molecule has 0 aliphatic carbocycles. The van der Waals surface area contributed by atoms with Gasteiger partial charge in [-0.25, -0.2) is 4.39 Å². The largest absolute Gasteiger partial charge is 0.495 e. The summed E-state index contributed by atoms with van der Waals surface area (Å²) in [7, 11) is 1.03. The van der Waals surface area contributed by atoms with E-state index in [1.54, 1.807) is 13.2 Å². The van der Waals surface area contributed by atoms with Crippen LogP contribution in [0.5, 0.6) is 5.75 Å². The van der Waals surface area contributed by atoms with Gasteiger partial charge in [0.2, 0.25) is 0 Å². The molecular weight excluding hydrogens is 310 g/mol. The normalized spacial score (nSPS) is 16.8. The first-order valence-electron chi connectivity index (χ1n) is 8.11. The van der Waals surface area contributed by atoms with Crippen molar-refractivity contribution in [1.29, 1.82) is 0 Å². The first kappa shape index (κ1) is 17.2. The number of fused-ring (bicyclic) bond motifs is 1. The Morgan fingerprint density at radius 3 is 2.71 bits per heavy atom. The zero-order valence-corrected chi connectivity index (χ0v) is 14.5. The lowest BCUT2D eigenvalue weighted by Gasteiger charge is -2.18. The quantitative estimate of drug-likeness (QED) is 0.623. The van der Waals surface area contributed by atoms with E-state index in [0.29, 0.717) is 24.3 Å². The topological polar surface area (TPSA) is 36.9 Å². The Kier molecular flexibility index (Phi) is 4.81. The smallest absolute Gasteiger partial charge is 0.468 e. The molecule has 0 aromatic heterocycles. The van der Waals surface area contributed by atoms with E-state index in [0.717, 1.165) is 16.2 Å². The van der Waals surface area contributed by atoms with Crippen LogP contribution in [0.25, 0.3) is 10.8 Å². The summed E-state index contributed by atoms with van der Waals surface area (Å²) >= 11 is 0. The van der Waals surface area contributed by atoms with Gasteiger partial charge in [-0.1, -0.05) is 13.0 Å². The molecule has 1 saturated heterocycles. The average Bonchev–Trinajstić information content (AvgIpc) is 2.92. The van der Waals surface area contributed by atoms with E-state index in [2.05, 4.69) is 0 Å². The molecule has 1 aliphatic rings. The maximum atomic E-state index is 14.3. The van der Waals surface area contributed by atoms with Gasteiger partial charge in [0.25, 0.3) is 0 Å². The summed E-state index contributed by atoms with van der Waals surface area (Å²) in [6, 6.07) is 6.99. The summed E-state index contributed by atoms with van der Waals surface area (Å²) in [6.07, 6.45) is 0.588. The van der Waals surface area contributed by atoms with E-state index in [-0.39, 0.29) is 18.2 Å². The zero-order chi connectivity index (χ0) is 17.3. The molecule has 0 saturated carbocycles. The van der Waals surface area contributed by atoms with E-state index >= 15 is 0 Å². The summed E-state index contributed by atoms with van der Waals surface area (Å²) in [5.74, 6) is 0.430. The fourth-order valence-electron chi connectivity index (χ4n) is 3.05. The van der Waals surface area contributed by atoms with Gasteiger partial charge in [0.15, 0.2) is 6.79 Å². The number of hydrogen-bond donors (Lipinski definition) is 0. The van der Waals surface area contributed by atoms with Gasteiger partial charge in [-0.15, -0.1) is 0 Å². The van der Waals surface area contributed by atoms with Crippen molar-refractivity contribution in [3.63, 3.8) is 0 Å². The summed E-state index contributed by atoms with van der Waals surface area (Å²) < 4.78 is 36.7. The minimum Gasteiger partial charge on any atom is -0.468 e. The summed E-state index contributed by atoms with van der Waals surface area (Å²) in [5.41, 5.74) is 1.08. The van der Waals surface area contributed by atoms with Gasteiger partial charge in [0.1, 0.15) is 11.6 Å². The van der Waals surface area contributed by atoms with Crippen LogP contribution in [0.15, 0.2) is 24.3 Å².